The molecule has 0 saturated heterocycles. The lowest BCUT2D eigenvalue weighted by Gasteiger charge is -2.26. The average molecular weight is 245 g/mol. The van der Waals surface area contributed by atoms with Crippen molar-refractivity contribution in [3.05, 3.63) is 23.8 Å². The van der Waals surface area contributed by atoms with Gasteiger partial charge in [-0.2, -0.15) is 0 Å². The first-order chi connectivity index (χ1) is 7.15. The number of aryl methyl sites for hydroxylation is 1. The van der Waals surface area contributed by atoms with Crippen LogP contribution in [0.1, 0.15) is 25.2 Å². The molecule has 6 nitrogen and oxygen atoms in total. The molecule has 0 amide bonds. The Morgan fingerprint density at radius 3 is 2.25 bits per heavy atom. The summed E-state index contributed by atoms with van der Waals surface area (Å²) in [6.45, 7) is 4.44. The van der Waals surface area contributed by atoms with Crippen LogP contribution in [0, 0.1) is 6.92 Å². The summed E-state index contributed by atoms with van der Waals surface area (Å²) in [6.07, 6.45) is 3.01. The smallest absolute Gasteiger partial charge is 0.215 e. The summed E-state index contributed by atoms with van der Waals surface area (Å²) in [5.74, 6) is 0.0413. The lowest BCUT2D eigenvalue weighted by atomic mass is 10.0. The first-order valence-electron chi connectivity index (χ1n) is 4.69. The molecule has 0 aromatic carbocycles. The molecule has 0 radical (unpaired) electrons. The standard InChI is InChI=1S/C9H15N3O3S/c1-6-4-11-8(12-5-6)9(3,13)7(2)16(10,14)15/h4-5,7,13H,1-3H3,(H2,10,14,15)/t7-,9-/m0/s1. The van der Waals surface area contributed by atoms with Gasteiger partial charge in [-0.3, -0.25) is 0 Å². The summed E-state index contributed by atoms with van der Waals surface area (Å²) in [6, 6.07) is 0. The average Bonchev–Trinajstić information content (AvgIpc) is 2.16. The summed E-state index contributed by atoms with van der Waals surface area (Å²) in [4.78, 5) is 7.81. The highest BCUT2D eigenvalue weighted by Gasteiger charge is 2.40. The number of nitrogens with zero attached hydrogens (tertiary/aromatic N) is 2. The molecule has 0 aliphatic rings. The van der Waals surface area contributed by atoms with Crippen molar-refractivity contribution in [3.63, 3.8) is 0 Å². The normalized spacial score (nSPS) is 17.8. The van der Waals surface area contributed by atoms with Crippen LogP contribution < -0.4 is 5.14 Å². The van der Waals surface area contributed by atoms with Gasteiger partial charge in [0.2, 0.25) is 10.0 Å². The highest BCUT2D eigenvalue weighted by atomic mass is 32.2. The Bertz CT molecular complexity index is 467. The third kappa shape index (κ3) is 2.55. The van der Waals surface area contributed by atoms with Crippen molar-refractivity contribution in [1.82, 2.24) is 9.97 Å². The van der Waals surface area contributed by atoms with Gasteiger partial charge in [0, 0.05) is 12.4 Å². The summed E-state index contributed by atoms with van der Waals surface area (Å²) in [7, 11) is -3.85. The lowest BCUT2D eigenvalue weighted by molar-refractivity contribution is 0.0469. The molecule has 0 aliphatic heterocycles. The third-order valence-electron chi connectivity index (χ3n) is 2.52. The molecule has 1 heterocycles. The molecule has 2 atom stereocenters. The van der Waals surface area contributed by atoms with Crippen molar-refractivity contribution < 1.29 is 13.5 Å². The molecule has 0 saturated carbocycles. The van der Waals surface area contributed by atoms with Crippen molar-refractivity contribution in [2.24, 2.45) is 5.14 Å². The maximum absolute atomic E-state index is 11.2. The second-order valence-corrected chi connectivity index (χ2v) is 5.85. The minimum absolute atomic E-state index is 0.0413. The van der Waals surface area contributed by atoms with Gasteiger partial charge in [0.15, 0.2) is 5.82 Å². The second kappa shape index (κ2) is 4.08. The largest absolute Gasteiger partial charge is 0.381 e. The Kier molecular flexibility index (Phi) is 3.32. The van der Waals surface area contributed by atoms with E-state index in [1.807, 2.05) is 0 Å². The van der Waals surface area contributed by atoms with E-state index >= 15 is 0 Å². The van der Waals surface area contributed by atoms with E-state index in [1.165, 1.54) is 26.2 Å². The van der Waals surface area contributed by atoms with Crippen LogP contribution in [0.3, 0.4) is 0 Å². The monoisotopic (exact) mass is 245 g/mol. The Morgan fingerprint density at radius 2 is 1.88 bits per heavy atom. The maximum atomic E-state index is 11.2. The van der Waals surface area contributed by atoms with Crippen LogP contribution in [0.4, 0.5) is 0 Å². The van der Waals surface area contributed by atoms with E-state index in [4.69, 9.17) is 5.14 Å². The van der Waals surface area contributed by atoms with Crippen molar-refractivity contribution in [1.29, 1.82) is 0 Å². The van der Waals surface area contributed by atoms with Crippen molar-refractivity contribution in [2.75, 3.05) is 0 Å². The summed E-state index contributed by atoms with van der Waals surface area (Å²) < 4.78 is 22.4. The molecule has 1 aromatic heterocycles. The van der Waals surface area contributed by atoms with Crippen LogP contribution in [-0.2, 0) is 15.6 Å². The Morgan fingerprint density at radius 1 is 1.44 bits per heavy atom. The van der Waals surface area contributed by atoms with Crippen LogP contribution >= 0.6 is 0 Å². The highest BCUT2D eigenvalue weighted by Crippen LogP contribution is 2.24. The maximum Gasteiger partial charge on any atom is 0.215 e. The molecule has 7 heteroatoms. The molecule has 0 spiro atoms. The molecule has 1 aromatic rings. The molecule has 1 rings (SSSR count). The number of nitrogens with two attached hydrogens (primary N) is 1. The predicted octanol–water partition coefficient (Wildman–Crippen LogP) is -0.330. The first kappa shape index (κ1) is 13.0. The number of rotatable bonds is 3. The number of hydrogen-bond acceptors (Lipinski definition) is 5. The second-order valence-electron chi connectivity index (χ2n) is 3.96. The topological polar surface area (TPSA) is 106 Å². The van der Waals surface area contributed by atoms with Gasteiger partial charge >= 0.3 is 0 Å². The minimum Gasteiger partial charge on any atom is -0.381 e. The van der Waals surface area contributed by atoms with E-state index in [0.29, 0.717) is 0 Å². The van der Waals surface area contributed by atoms with Gasteiger partial charge in [-0.1, -0.05) is 0 Å². The summed E-state index contributed by atoms with van der Waals surface area (Å²) in [5.41, 5.74) is -0.885. The Hall–Kier alpha value is -1.05. The van der Waals surface area contributed by atoms with Crippen molar-refractivity contribution in [3.8, 4) is 0 Å². The number of hydrogen-bond donors (Lipinski definition) is 2. The Balaban J connectivity index is 3.16. The molecular formula is C9H15N3O3S. The molecule has 0 fully saturated rings. The number of primary sulfonamides is 1. The van der Waals surface area contributed by atoms with Gasteiger partial charge in [-0.25, -0.2) is 23.5 Å². The van der Waals surface area contributed by atoms with Crippen LogP contribution in [0.25, 0.3) is 0 Å². The van der Waals surface area contributed by atoms with Gasteiger partial charge in [-0.15, -0.1) is 0 Å². The van der Waals surface area contributed by atoms with Gasteiger partial charge in [0.1, 0.15) is 10.9 Å². The predicted molar refractivity (Wildman–Crippen MR) is 58.9 cm³/mol. The summed E-state index contributed by atoms with van der Waals surface area (Å²) in [5, 5.41) is 13.9. The van der Waals surface area contributed by atoms with Crippen LogP contribution in [0.5, 0.6) is 0 Å². The first-order valence-corrected chi connectivity index (χ1v) is 6.29. The van der Waals surface area contributed by atoms with E-state index in [2.05, 4.69) is 9.97 Å². The molecule has 90 valence electrons. The molecule has 16 heavy (non-hydrogen) atoms. The molecule has 3 N–H and O–H groups in total. The van der Waals surface area contributed by atoms with Gasteiger partial charge in [-0.05, 0) is 26.3 Å². The zero-order valence-corrected chi connectivity index (χ0v) is 10.2. The van der Waals surface area contributed by atoms with Gasteiger partial charge in [0.25, 0.3) is 0 Å². The minimum atomic E-state index is -3.85. The zero-order chi connectivity index (χ0) is 12.6. The fourth-order valence-corrected chi connectivity index (χ4v) is 1.90. The van der Waals surface area contributed by atoms with Crippen LogP contribution in [0.2, 0.25) is 0 Å². The number of aliphatic hydroxyl groups is 1. The fraction of sp³-hybridized carbons (Fsp3) is 0.556. The molecule has 0 bridgehead atoms. The summed E-state index contributed by atoms with van der Waals surface area (Å²) >= 11 is 0. The SMILES string of the molecule is Cc1cnc([C@@](C)(O)[C@H](C)S(N)(=O)=O)nc1. The fourth-order valence-electron chi connectivity index (χ4n) is 1.16. The molecule has 0 aliphatic carbocycles. The van der Waals surface area contributed by atoms with Gasteiger partial charge < -0.3 is 5.11 Å². The zero-order valence-electron chi connectivity index (χ0n) is 9.38. The van der Waals surface area contributed by atoms with Crippen molar-refractivity contribution >= 4 is 10.0 Å². The highest BCUT2D eigenvalue weighted by molar-refractivity contribution is 7.89. The lowest BCUT2D eigenvalue weighted by Crippen LogP contribution is -2.44. The number of sulfonamides is 1. The molecular weight excluding hydrogens is 230 g/mol. The van der Waals surface area contributed by atoms with E-state index in [0.717, 1.165) is 5.56 Å². The quantitative estimate of drug-likeness (QED) is 0.758. The Labute approximate surface area is 94.6 Å². The van der Waals surface area contributed by atoms with E-state index in [-0.39, 0.29) is 5.82 Å². The van der Waals surface area contributed by atoms with E-state index in [1.54, 1.807) is 6.92 Å². The number of aromatic nitrogens is 2. The van der Waals surface area contributed by atoms with Gasteiger partial charge in [0.05, 0.1) is 0 Å². The third-order valence-corrected chi connectivity index (χ3v) is 3.96. The van der Waals surface area contributed by atoms with E-state index < -0.39 is 20.9 Å². The van der Waals surface area contributed by atoms with Crippen LogP contribution in [0.15, 0.2) is 12.4 Å². The van der Waals surface area contributed by atoms with Crippen molar-refractivity contribution in [2.45, 2.75) is 31.6 Å². The van der Waals surface area contributed by atoms with Crippen LogP contribution in [-0.4, -0.2) is 28.7 Å². The van der Waals surface area contributed by atoms with E-state index in [9.17, 15) is 13.5 Å². The molecule has 0 unspecified atom stereocenters.